The summed E-state index contributed by atoms with van der Waals surface area (Å²) in [6.07, 6.45) is 4.79. The Morgan fingerprint density at radius 2 is 1.79 bits per heavy atom. The standard InChI is InChI=1S/C22H29N3O4/c1-27-18-12-19(22(26)29-3)20(21(13-18)28-2)16-25-9-5-8-24(10-11-25)15-17-6-4-7-23-14-17/h4,6-7,12-14H,5,8-11,15-16H2,1-3H3. The summed E-state index contributed by atoms with van der Waals surface area (Å²) in [5, 5.41) is 0. The second-order valence-corrected chi connectivity index (χ2v) is 7.11. The largest absolute Gasteiger partial charge is 0.497 e. The summed E-state index contributed by atoms with van der Waals surface area (Å²) < 4.78 is 15.9. The highest BCUT2D eigenvalue weighted by Crippen LogP contribution is 2.31. The van der Waals surface area contributed by atoms with Gasteiger partial charge < -0.3 is 14.2 Å². The number of benzene rings is 1. The minimum atomic E-state index is -0.384. The molecule has 0 unspecified atom stereocenters. The van der Waals surface area contributed by atoms with Crippen LogP contribution in [0.15, 0.2) is 36.7 Å². The molecule has 0 saturated carbocycles. The highest BCUT2D eigenvalue weighted by atomic mass is 16.5. The molecule has 0 N–H and O–H groups in total. The summed E-state index contributed by atoms with van der Waals surface area (Å²) in [5.74, 6) is 0.830. The lowest BCUT2D eigenvalue weighted by atomic mass is 10.0. The fourth-order valence-electron chi connectivity index (χ4n) is 3.69. The van der Waals surface area contributed by atoms with E-state index in [1.54, 1.807) is 26.5 Å². The molecule has 156 valence electrons. The molecule has 0 aliphatic carbocycles. The zero-order valence-corrected chi connectivity index (χ0v) is 17.4. The van der Waals surface area contributed by atoms with E-state index in [9.17, 15) is 4.79 Å². The number of ether oxygens (including phenoxy) is 3. The Kier molecular flexibility index (Phi) is 7.43. The summed E-state index contributed by atoms with van der Waals surface area (Å²) in [4.78, 5) is 21.4. The van der Waals surface area contributed by atoms with Gasteiger partial charge in [0.15, 0.2) is 0 Å². The molecule has 3 rings (SSSR count). The number of carbonyl (C=O) groups excluding carboxylic acids is 1. The van der Waals surface area contributed by atoms with Crippen molar-refractivity contribution in [1.82, 2.24) is 14.8 Å². The first-order valence-electron chi connectivity index (χ1n) is 9.81. The molecule has 1 aromatic heterocycles. The molecule has 0 spiro atoms. The third-order valence-corrected chi connectivity index (χ3v) is 5.24. The van der Waals surface area contributed by atoms with Crippen molar-refractivity contribution in [1.29, 1.82) is 0 Å². The summed E-state index contributed by atoms with van der Waals surface area (Å²) >= 11 is 0. The maximum Gasteiger partial charge on any atom is 0.338 e. The van der Waals surface area contributed by atoms with E-state index in [0.29, 0.717) is 23.6 Å². The van der Waals surface area contributed by atoms with Gasteiger partial charge >= 0.3 is 5.97 Å². The monoisotopic (exact) mass is 399 g/mol. The minimum absolute atomic E-state index is 0.384. The van der Waals surface area contributed by atoms with Crippen molar-refractivity contribution in [3.8, 4) is 11.5 Å². The van der Waals surface area contributed by atoms with Gasteiger partial charge in [-0.15, -0.1) is 0 Å². The molecule has 1 saturated heterocycles. The molecule has 1 aliphatic rings. The summed E-state index contributed by atoms with van der Waals surface area (Å²) in [6.45, 7) is 5.39. The normalized spacial score (nSPS) is 15.6. The van der Waals surface area contributed by atoms with Crippen LogP contribution in [0.4, 0.5) is 0 Å². The number of nitrogens with zero attached hydrogens (tertiary/aromatic N) is 3. The number of methoxy groups -OCH3 is 3. The molecule has 2 aromatic rings. The Hall–Kier alpha value is -2.64. The van der Waals surface area contributed by atoms with E-state index in [0.717, 1.165) is 44.7 Å². The molecule has 0 amide bonds. The van der Waals surface area contributed by atoms with Crippen molar-refractivity contribution in [2.45, 2.75) is 19.5 Å². The van der Waals surface area contributed by atoms with Gasteiger partial charge in [0.05, 0.1) is 26.9 Å². The molecule has 0 radical (unpaired) electrons. The van der Waals surface area contributed by atoms with E-state index in [1.165, 1.54) is 12.7 Å². The van der Waals surface area contributed by atoms with Crippen LogP contribution >= 0.6 is 0 Å². The van der Waals surface area contributed by atoms with Gasteiger partial charge in [0.25, 0.3) is 0 Å². The van der Waals surface area contributed by atoms with Crippen LogP contribution in [-0.2, 0) is 17.8 Å². The Morgan fingerprint density at radius 1 is 1.03 bits per heavy atom. The minimum Gasteiger partial charge on any atom is -0.497 e. The number of rotatable bonds is 7. The van der Waals surface area contributed by atoms with E-state index in [1.807, 2.05) is 18.3 Å². The molecule has 1 fully saturated rings. The van der Waals surface area contributed by atoms with E-state index < -0.39 is 0 Å². The van der Waals surface area contributed by atoms with Gasteiger partial charge in [-0.25, -0.2) is 4.79 Å². The number of hydrogen-bond donors (Lipinski definition) is 0. The summed E-state index contributed by atoms with van der Waals surface area (Å²) in [5.41, 5.74) is 2.55. The average Bonchev–Trinajstić information content (AvgIpc) is 2.99. The smallest absolute Gasteiger partial charge is 0.338 e. The van der Waals surface area contributed by atoms with E-state index in [4.69, 9.17) is 14.2 Å². The first-order valence-corrected chi connectivity index (χ1v) is 9.81. The Morgan fingerprint density at radius 3 is 2.41 bits per heavy atom. The summed E-state index contributed by atoms with van der Waals surface area (Å²) in [6, 6.07) is 7.62. The van der Waals surface area contributed by atoms with Crippen molar-refractivity contribution in [2.24, 2.45) is 0 Å². The van der Waals surface area contributed by atoms with E-state index in [-0.39, 0.29) is 5.97 Å². The van der Waals surface area contributed by atoms with E-state index >= 15 is 0 Å². The van der Waals surface area contributed by atoms with Crippen LogP contribution in [0.1, 0.15) is 27.9 Å². The fourth-order valence-corrected chi connectivity index (χ4v) is 3.69. The van der Waals surface area contributed by atoms with Gasteiger partial charge in [0.1, 0.15) is 11.5 Å². The third kappa shape index (κ3) is 5.46. The van der Waals surface area contributed by atoms with Gasteiger partial charge in [-0.3, -0.25) is 14.8 Å². The fraction of sp³-hybridized carbons (Fsp3) is 0.455. The Bertz CT molecular complexity index is 813. The second-order valence-electron chi connectivity index (χ2n) is 7.11. The van der Waals surface area contributed by atoms with Crippen LogP contribution in [0, 0.1) is 0 Å². The van der Waals surface area contributed by atoms with Crippen LogP contribution in [0.25, 0.3) is 0 Å². The number of esters is 1. The van der Waals surface area contributed by atoms with Crippen LogP contribution in [0.3, 0.4) is 0 Å². The van der Waals surface area contributed by atoms with Crippen molar-refractivity contribution < 1.29 is 19.0 Å². The molecule has 0 bridgehead atoms. The zero-order chi connectivity index (χ0) is 20.6. The predicted octanol–water partition coefficient (Wildman–Crippen LogP) is 2.59. The topological polar surface area (TPSA) is 64.1 Å². The van der Waals surface area contributed by atoms with Crippen molar-refractivity contribution in [3.05, 3.63) is 53.3 Å². The van der Waals surface area contributed by atoms with Crippen LogP contribution in [-0.4, -0.2) is 68.3 Å². The molecule has 29 heavy (non-hydrogen) atoms. The lowest BCUT2D eigenvalue weighted by molar-refractivity contribution is 0.0597. The molecule has 0 atom stereocenters. The molecule has 7 nitrogen and oxygen atoms in total. The first-order chi connectivity index (χ1) is 14.1. The maximum atomic E-state index is 12.4. The molecular formula is C22H29N3O4. The van der Waals surface area contributed by atoms with Crippen LogP contribution < -0.4 is 9.47 Å². The summed E-state index contributed by atoms with van der Waals surface area (Å²) in [7, 11) is 4.57. The number of hydrogen-bond acceptors (Lipinski definition) is 7. The molecule has 1 aromatic carbocycles. The first kappa shape index (κ1) is 21.1. The second kappa shape index (κ2) is 10.2. The number of pyridine rings is 1. The number of aromatic nitrogens is 1. The van der Waals surface area contributed by atoms with Crippen molar-refractivity contribution >= 4 is 5.97 Å². The third-order valence-electron chi connectivity index (χ3n) is 5.24. The SMILES string of the molecule is COC(=O)c1cc(OC)cc(OC)c1CN1CCCN(Cc2cccnc2)CC1. The van der Waals surface area contributed by atoms with Gasteiger partial charge in [-0.05, 0) is 37.2 Å². The van der Waals surface area contributed by atoms with Crippen molar-refractivity contribution in [3.63, 3.8) is 0 Å². The van der Waals surface area contributed by atoms with Crippen LogP contribution in [0.2, 0.25) is 0 Å². The highest BCUT2D eigenvalue weighted by Gasteiger charge is 2.22. The quantitative estimate of drug-likeness (QED) is 0.663. The highest BCUT2D eigenvalue weighted by molar-refractivity contribution is 5.92. The zero-order valence-electron chi connectivity index (χ0n) is 17.4. The Balaban J connectivity index is 1.73. The average molecular weight is 399 g/mol. The molecule has 7 heteroatoms. The van der Waals surface area contributed by atoms with Crippen LogP contribution in [0.5, 0.6) is 11.5 Å². The van der Waals surface area contributed by atoms with E-state index in [2.05, 4.69) is 20.9 Å². The number of carbonyl (C=O) groups is 1. The van der Waals surface area contributed by atoms with Crippen molar-refractivity contribution in [2.75, 3.05) is 47.5 Å². The molecule has 2 heterocycles. The van der Waals surface area contributed by atoms with Gasteiger partial charge in [0, 0.05) is 50.2 Å². The molecular weight excluding hydrogens is 370 g/mol. The maximum absolute atomic E-state index is 12.4. The lowest BCUT2D eigenvalue weighted by Gasteiger charge is -2.24. The Labute approximate surface area is 172 Å². The van der Waals surface area contributed by atoms with Gasteiger partial charge in [-0.1, -0.05) is 6.07 Å². The lowest BCUT2D eigenvalue weighted by Crippen LogP contribution is -2.31. The van der Waals surface area contributed by atoms with Gasteiger partial charge in [0.2, 0.25) is 0 Å². The van der Waals surface area contributed by atoms with Gasteiger partial charge in [-0.2, -0.15) is 0 Å². The molecule has 1 aliphatic heterocycles. The predicted molar refractivity (Wildman–Crippen MR) is 110 cm³/mol.